The van der Waals surface area contributed by atoms with E-state index in [1.165, 1.54) is 11.8 Å². The van der Waals surface area contributed by atoms with Crippen molar-refractivity contribution in [2.75, 3.05) is 26.0 Å². The molecule has 1 unspecified atom stereocenters. The van der Waals surface area contributed by atoms with E-state index in [4.69, 9.17) is 10.5 Å². The van der Waals surface area contributed by atoms with Crippen LogP contribution in [0.4, 0.5) is 4.79 Å². The zero-order valence-corrected chi connectivity index (χ0v) is 10.0. The number of rotatable bonds is 6. The first kappa shape index (κ1) is 15.1. The first-order chi connectivity index (χ1) is 8.15. The molecular weight excluding hydrogens is 244 g/mol. The van der Waals surface area contributed by atoms with E-state index < -0.39 is 11.3 Å². The number of carbonyl (C=O) groups excluding carboxylic acids is 2. The summed E-state index contributed by atoms with van der Waals surface area (Å²) in [4.78, 5) is 22.4. The molecule has 0 bridgehead atoms. The van der Waals surface area contributed by atoms with Gasteiger partial charge in [-0.3, -0.25) is 4.79 Å². The fourth-order valence-electron chi connectivity index (χ4n) is 0.848. The van der Waals surface area contributed by atoms with Gasteiger partial charge in [0.1, 0.15) is 17.9 Å². The summed E-state index contributed by atoms with van der Waals surface area (Å²) in [6.45, 7) is -0.339. The summed E-state index contributed by atoms with van der Waals surface area (Å²) in [6, 6.07) is 3.43. The normalized spacial score (nSPS) is 10.5. The average molecular weight is 256 g/mol. The van der Waals surface area contributed by atoms with Crippen molar-refractivity contribution < 1.29 is 14.3 Å². The van der Waals surface area contributed by atoms with Crippen LogP contribution in [-0.4, -0.2) is 43.2 Å². The molecule has 7 nitrogen and oxygen atoms in total. The van der Waals surface area contributed by atoms with Gasteiger partial charge < -0.3 is 15.4 Å². The van der Waals surface area contributed by atoms with Crippen LogP contribution in [0.1, 0.15) is 0 Å². The minimum atomic E-state index is -0.751. The molecule has 0 aliphatic heterocycles. The molecule has 0 rings (SSSR count). The van der Waals surface area contributed by atoms with Gasteiger partial charge in [-0.1, -0.05) is 0 Å². The lowest BCUT2D eigenvalue weighted by molar-refractivity contribution is -0.120. The van der Waals surface area contributed by atoms with Crippen molar-refractivity contribution in [1.29, 1.82) is 10.5 Å². The standard InChI is InChI=1S/C9H12N4O3S/c1-17-7(8(14)12-4-2-10)6-13-9(15)16-5-3-11/h7H,4-6H2,1H3,(H,12,14)(H,13,15). The van der Waals surface area contributed by atoms with E-state index in [9.17, 15) is 9.59 Å². The summed E-state index contributed by atoms with van der Waals surface area (Å²) in [5.41, 5.74) is 0. The van der Waals surface area contributed by atoms with Gasteiger partial charge in [-0.2, -0.15) is 22.3 Å². The van der Waals surface area contributed by atoms with E-state index in [0.29, 0.717) is 0 Å². The zero-order valence-electron chi connectivity index (χ0n) is 9.23. The third kappa shape index (κ3) is 7.03. The number of alkyl carbamates (subject to hydrolysis) is 1. The van der Waals surface area contributed by atoms with Crippen LogP contribution in [0.2, 0.25) is 0 Å². The number of hydrogen-bond donors (Lipinski definition) is 2. The zero-order chi connectivity index (χ0) is 13.1. The highest BCUT2D eigenvalue weighted by atomic mass is 32.2. The molecule has 1 atom stereocenters. The third-order valence-corrected chi connectivity index (χ3v) is 2.57. The van der Waals surface area contributed by atoms with Crippen LogP contribution in [0.3, 0.4) is 0 Å². The molecule has 0 aromatic rings. The Labute approximate surface area is 103 Å². The fraction of sp³-hybridized carbons (Fsp3) is 0.556. The lowest BCUT2D eigenvalue weighted by Gasteiger charge is -2.13. The van der Waals surface area contributed by atoms with Crippen molar-refractivity contribution >= 4 is 23.8 Å². The summed E-state index contributed by atoms with van der Waals surface area (Å²) in [5.74, 6) is -0.334. The van der Waals surface area contributed by atoms with Crippen molar-refractivity contribution in [2.24, 2.45) is 0 Å². The van der Waals surface area contributed by atoms with Gasteiger partial charge in [0.25, 0.3) is 0 Å². The number of amides is 2. The van der Waals surface area contributed by atoms with E-state index in [-0.39, 0.29) is 25.6 Å². The number of nitrogens with one attached hydrogen (secondary N) is 2. The Morgan fingerprint density at radius 2 is 2.06 bits per heavy atom. The number of nitrogens with zero attached hydrogens (tertiary/aromatic N) is 2. The highest BCUT2D eigenvalue weighted by Crippen LogP contribution is 2.05. The highest BCUT2D eigenvalue weighted by Gasteiger charge is 2.17. The molecule has 0 radical (unpaired) electrons. The molecule has 17 heavy (non-hydrogen) atoms. The number of carbonyl (C=O) groups is 2. The molecule has 0 saturated heterocycles. The minimum absolute atomic E-state index is 0.0721. The van der Waals surface area contributed by atoms with E-state index >= 15 is 0 Å². The molecule has 8 heteroatoms. The molecular formula is C9H12N4O3S. The van der Waals surface area contributed by atoms with Crippen LogP contribution in [0.15, 0.2) is 0 Å². The SMILES string of the molecule is CSC(CNC(=O)OCC#N)C(=O)NCC#N. The third-order valence-electron chi connectivity index (χ3n) is 1.62. The second-order valence-corrected chi connectivity index (χ2v) is 3.76. The van der Waals surface area contributed by atoms with E-state index in [0.717, 1.165) is 0 Å². The van der Waals surface area contributed by atoms with Crippen molar-refractivity contribution in [3.8, 4) is 12.1 Å². The number of nitriles is 2. The van der Waals surface area contributed by atoms with E-state index in [1.807, 2.05) is 0 Å². The van der Waals surface area contributed by atoms with E-state index in [1.54, 1.807) is 18.4 Å². The monoisotopic (exact) mass is 256 g/mol. The maximum Gasteiger partial charge on any atom is 0.408 e. The van der Waals surface area contributed by atoms with Gasteiger partial charge in [-0.15, -0.1) is 0 Å². The second-order valence-electron chi connectivity index (χ2n) is 2.72. The lowest BCUT2D eigenvalue weighted by Crippen LogP contribution is -2.41. The Hall–Kier alpha value is -1.93. The molecule has 0 fully saturated rings. The smallest absolute Gasteiger partial charge is 0.408 e. The number of thioether (sulfide) groups is 1. The molecule has 0 saturated carbocycles. The Morgan fingerprint density at radius 1 is 1.35 bits per heavy atom. The van der Waals surface area contributed by atoms with Gasteiger partial charge >= 0.3 is 6.09 Å². The van der Waals surface area contributed by atoms with Crippen LogP contribution >= 0.6 is 11.8 Å². The molecule has 0 spiro atoms. The van der Waals surface area contributed by atoms with Gasteiger partial charge in [0.15, 0.2) is 6.61 Å². The van der Waals surface area contributed by atoms with Crippen LogP contribution in [0, 0.1) is 22.7 Å². The van der Waals surface area contributed by atoms with E-state index in [2.05, 4.69) is 15.4 Å². The van der Waals surface area contributed by atoms with Gasteiger partial charge in [0.05, 0.1) is 6.07 Å². The number of hydrogen-bond acceptors (Lipinski definition) is 6. The van der Waals surface area contributed by atoms with Crippen LogP contribution < -0.4 is 10.6 Å². The molecule has 0 aliphatic rings. The molecule has 0 aromatic carbocycles. The predicted octanol–water partition coefficient (Wildman–Crippen LogP) is -0.392. The Morgan fingerprint density at radius 3 is 2.59 bits per heavy atom. The number of ether oxygens (including phenoxy) is 1. The maximum atomic E-state index is 11.4. The largest absolute Gasteiger partial charge is 0.434 e. The summed E-state index contributed by atoms with van der Waals surface area (Å²) in [5, 5.41) is 20.7. The minimum Gasteiger partial charge on any atom is -0.434 e. The topological polar surface area (TPSA) is 115 Å². The molecule has 2 amide bonds. The van der Waals surface area contributed by atoms with Crippen LogP contribution in [0.25, 0.3) is 0 Å². The Balaban J connectivity index is 3.98. The van der Waals surface area contributed by atoms with Crippen molar-refractivity contribution in [1.82, 2.24) is 10.6 Å². The molecule has 0 aliphatic carbocycles. The van der Waals surface area contributed by atoms with Crippen molar-refractivity contribution in [2.45, 2.75) is 5.25 Å². The molecule has 2 N–H and O–H groups in total. The fourth-order valence-corrected chi connectivity index (χ4v) is 1.40. The summed E-state index contributed by atoms with van der Waals surface area (Å²) >= 11 is 1.24. The molecule has 0 aromatic heterocycles. The Bertz CT molecular complexity index is 347. The van der Waals surface area contributed by atoms with Gasteiger partial charge in [-0.25, -0.2) is 4.79 Å². The molecule has 0 heterocycles. The van der Waals surface area contributed by atoms with Gasteiger partial charge in [0, 0.05) is 6.54 Å². The predicted molar refractivity (Wildman–Crippen MR) is 60.9 cm³/mol. The summed E-state index contributed by atoms with van der Waals surface area (Å²) < 4.78 is 4.44. The summed E-state index contributed by atoms with van der Waals surface area (Å²) in [6.07, 6.45) is 0.956. The average Bonchev–Trinajstić information content (AvgIpc) is 2.34. The second kappa shape index (κ2) is 9.31. The lowest BCUT2D eigenvalue weighted by atomic mass is 10.4. The van der Waals surface area contributed by atoms with Crippen LogP contribution in [0.5, 0.6) is 0 Å². The highest BCUT2D eigenvalue weighted by molar-refractivity contribution is 7.99. The van der Waals surface area contributed by atoms with Gasteiger partial charge in [-0.05, 0) is 6.26 Å². The van der Waals surface area contributed by atoms with Crippen LogP contribution in [-0.2, 0) is 9.53 Å². The van der Waals surface area contributed by atoms with Crippen molar-refractivity contribution in [3.05, 3.63) is 0 Å². The summed E-state index contributed by atoms with van der Waals surface area (Å²) in [7, 11) is 0. The first-order valence-corrected chi connectivity index (χ1v) is 5.89. The quantitative estimate of drug-likeness (QED) is 0.625. The Kier molecular flexibility index (Phi) is 8.25. The first-order valence-electron chi connectivity index (χ1n) is 4.60. The maximum absolute atomic E-state index is 11.4. The van der Waals surface area contributed by atoms with Gasteiger partial charge in [0.2, 0.25) is 5.91 Å². The molecule has 92 valence electrons. The van der Waals surface area contributed by atoms with Crippen molar-refractivity contribution in [3.63, 3.8) is 0 Å².